The van der Waals surface area contributed by atoms with Crippen LogP contribution in [0.25, 0.3) is 11.0 Å². The van der Waals surface area contributed by atoms with Crippen molar-refractivity contribution in [2.75, 3.05) is 6.61 Å². The molecule has 0 bridgehead atoms. The molecule has 3 aromatic rings. The second kappa shape index (κ2) is 7.90. The van der Waals surface area contributed by atoms with Gasteiger partial charge in [0.15, 0.2) is 6.61 Å². The van der Waals surface area contributed by atoms with Crippen LogP contribution in [-0.2, 0) is 22.6 Å². The minimum atomic E-state index is -0.643. The molecular formula is C20H17FO6. The Hall–Kier alpha value is -3.35. The summed E-state index contributed by atoms with van der Waals surface area (Å²) in [5.41, 5.74) is 0.750. The molecule has 1 N–H and O–H groups in total. The van der Waals surface area contributed by atoms with Crippen molar-refractivity contribution in [3.63, 3.8) is 0 Å². The molecule has 0 unspecified atom stereocenters. The van der Waals surface area contributed by atoms with Crippen molar-refractivity contribution in [1.82, 2.24) is 0 Å². The molecule has 3 rings (SSSR count). The van der Waals surface area contributed by atoms with Gasteiger partial charge in [0.25, 0.3) is 0 Å². The van der Waals surface area contributed by atoms with Gasteiger partial charge in [-0.1, -0.05) is 6.92 Å². The number of carbonyl (C=O) groups is 1. The summed E-state index contributed by atoms with van der Waals surface area (Å²) in [6.45, 7) is 1.38. The van der Waals surface area contributed by atoms with Gasteiger partial charge in [-0.3, -0.25) is 0 Å². The number of phenolic OH excluding ortho intramolecular Hbond substituents is 1. The van der Waals surface area contributed by atoms with Gasteiger partial charge >= 0.3 is 11.6 Å². The van der Waals surface area contributed by atoms with Crippen LogP contribution in [0, 0.1) is 5.82 Å². The maximum absolute atomic E-state index is 12.8. The monoisotopic (exact) mass is 372 g/mol. The fourth-order valence-electron chi connectivity index (χ4n) is 2.58. The predicted octanol–water partition coefficient (Wildman–Crippen LogP) is 3.32. The van der Waals surface area contributed by atoms with E-state index in [2.05, 4.69) is 0 Å². The van der Waals surface area contributed by atoms with E-state index in [1.165, 1.54) is 36.4 Å². The van der Waals surface area contributed by atoms with E-state index in [0.29, 0.717) is 28.7 Å². The molecular weight excluding hydrogens is 355 g/mol. The second-order valence-corrected chi connectivity index (χ2v) is 5.82. The van der Waals surface area contributed by atoms with E-state index >= 15 is 0 Å². The van der Waals surface area contributed by atoms with Crippen LogP contribution < -0.4 is 10.4 Å². The van der Waals surface area contributed by atoms with Crippen molar-refractivity contribution in [2.45, 2.75) is 20.0 Å². The Morgan fingerprint density at radius 1 is 1.15 bits per heavy atom. The highest BCUT2D eigenvalue weighted by molar-refractivity contribution is 5.83. The van der Waals surface area contributed by atoms with Crippen LogP contribution in [0.15, 0.2) is 51.7 Å². The molecule has 0 spiro atoms. The molecule has 6 nitrogen and oxygen atoms in total. The average Bonchev–Trinajstić information content (AvgIpc) is 2.65. The van der Waals surface area contributed by atoms with Crippen LogP contribution in [0.2, 0.25) is 0 Å². The number of aromatic hydroxyl groups is 1. The number of fused-ring (bicyclic) bond motifs is 1. The highest BCUT2D eigenvalue weighted by atomic mass is 19.1. The van der Waals surface area contributed by atoms with Crippen molar-refractivity contribution in [3.8, 4) is 11.5 Å². The zero-order chi connectivity index (χ0) is 19.4. The molecule has 0 atom stereocenters. The molecule has 7 heteroatoms. The van der Waals surface area contributed by atoms with Crippen LogP contribution >= 0.6 is 0 Å². The lowest BCUT2D eigenvalue weighted by Gasteiger charge is -2.10. The first-order chi connectivity index (χ1) is 13.0. The Balaban J connectivity index is 1.71. The standard InChI is InChI=1S/C20H17FO6/c1-2-12-7-16-13(8-19(23)27-18(16)9-17(12)22)10-26-20(24)11-25-15-5-3-14(21)4-6-15/h3-9,22H,2,10-11H2,1H3. The van der Waals surface area contributed by atoms with E-state index in [9.17, 15) is 19.1 Å². The summed E-state index contributed by atoms with van der Waals surface area (Å²) in [7, 11) is 0. The quantitative estimate of drug-likeness (QED) is 0.528. The lowest BCUT2D eigenvalue weighted by atomic mass is 10.0. The fourth-order valence-corrected chi connectivity index (χ4v) is 2.58. The molecule has 1 heterocycles. The number of carbonyl (C=O) groups excluding carboxylic acids is 1. The maximum Gasteiger partial charge on any atom is 0.344 e. The summed E-state index contributed by atoms with van der Waals surface area (Å²) in [6, 6.07) is 9.55. The topological polar surface area (TPSA) is 86.0 Å². The Kier molecular flexibility index (Phi) is 5.40. The van der Waals surface area contributed by atoms with E-state index < -0.39 is 17.4 Å². The minimum Gasteiger partial charge on any atom is -0.508 e. The summed E-state index contributed by atoms with van der Waals surface area (Å²) < 4.78 is 28.3. The van der Waals surface area contributed by atoms with E-state index in [0.717, 1.165) is 0 Å². The summed E-state index contributed by atoms with van der Waals surface area (Å²) in [5, 5.41) is 10.5. The fraction of sp³-hybridized carbons (Fsp3) is 0.200. The van der Waals surface area contributed by atoms with Gasteiger partial charge in [-0.05, 0) is 42.3 Å². The Morgan fingerprint density at radius 3 is 2.59 bits per heavy atom. The number of benzene rings is 2. The van der Waals surface area contributed by atoms with Gasteiger partial charge in [-0.25, -0.2) is 14.0 Å². The van der Waals surface area contributed by atoms with Crippen molar-refractivity contribution in [1.29, 1.82) is 0 Å². The highest BCUT2D eigenvalue weighted by Gasteiger charge is 2.12. The van der Waals surface area contributed by atoms with Gasteiger partial charge in [0.2, 0.25) is 0 Å². The number of esters is 1. The van der Waals surface area contributed by atoms with Gasteiger partial charge in [0, 0.05) is 23.1 Å². The molecule has 0 aliphatic heterocycles. The first-order valence-corrected chi connectivity index (χ1v) is 8.29. The molecule has 0 amide bonds. The van der Waals surface area contributed by atoms with Crippen molar-refractivity contribution in [3.05, 3.63) is 69.8 Å². The number of phenols is 1. The molecule has 0 aliphatic carbocycles. The number of halogens is 1. The number of hydrogen-bond acceptors (Lipinski definition) is 6. The Morgan fingerprint density at radius 2 is 1.89 bits per heavy atom. The molecule has 2 aromatic carbocycles. The first kappa shape index (κ1) is 18.4. The number of aryl methyl sites for hydroxylation is 1. The third-order valence-electron chi connectivity index (χ3n) is 3.97. The summed E-state index contributed by atoms with van der Waals surface area (Å²) in [6.07, 6.45) is 0.589. The van der Waals surface area contributed by atoms with Crippen LogP contribution in [0.1, 0.15) is 18.1 Å². The highest BCUT2D eigenvalue weighted by Crippen LogP contribution is 2.27. The largest absolute Gasteiger partial charge is 0.508 e. The SMILES string of the molecule is CCc1cc2c(COC(=O)COc3ccc(F)cc3)cc(=O)oc2cc1O. The molecule has 0 fully saturated rings. The van der Waals surface area contributed by atoms with Crippen molar-refractivity contribution < 1.29 is 28.2 Å². The normalized spacial score (nSPS) is 10.7. The lowest BCUT2D eigenvalue weighted by molar-refractivity contribution is -0.147. The van der Waals surface area contributed by atoms with Gasteiger partial charge in [-0.15, -0.1) is 0 Å². The smallest absolute Gasteiger partial charge is 0.344 e. The summed E-state index contributed by atoms with van der Waals surface area (Å²) in [4.78, 5) is 23.6. The van der Waals surface area contributed by atoms with E-state index in [4.69, 9.17) is 13.9 Å². The lowest BCUT2D eigenvalue weighted by Crippen LogP contribution is -2.15. The van der Waals surface area contributed by atoms with Crippen LogP contribution in [0.5, 0.6) is 11.5 Å². The Bertz CT molecular complexity index is 1020. The third kappa shape index (κ3) is 4.44. The maximum atomic E-state index is 12.8. The Labute approximate surface area is 153 Å². The van der Waals surface area contributed by atoms with Crippen molar-refractivity contribution >= 4 is 16.9 Å². The number of rotatable bonds is 6. The van der Waals surface area contributed by atoms with Gasteiger partial charge < -0.3 is 19.0 Å². The third-order valence-corrected chi connectivity index (χ3v) is 3.97. The molecule has 1 aromatic heterocycles. The van der Waals surface area contributed by atoms with Crippen LogP contribution in [-0.4, -0.2) is 17.7 Å². The van der Waals surface area contributed by atoms with E-state index in [1.54, 1.807) is 6.07 Å². The zero-order valence-electron chi connectivity index (χ0n) is 14.5. The van der Waals surface area contributed by atoms with Gasteiger partial charge in [0.05, 0.1) is 0 Å². The van der Waals surface area contributed by atoms with E-state index in [-0.39, 0.29) is 24.5 Å². The second-order valence-electron chi connectivity index (χ2n) is 5.82. The molecule has 0 saturated carbocycles. The minimum absolute atomic E-state index is 0.0370. The predicted molar refractivity (Wildman–Crippen MR) is 95.2 cm³/mol. The van der Waals surface area contributed by atoms with Crippen LogP contribution in [0.4, 0.5) is 4.39 Å². The summed E-state index contributed by atoms with van der Waals surface area (Å²) >= 11 is 0. The van der Waals surface area contributed by atoms with Crippen molar-refractivity contribution in [2.24, 2.45) is 0 Å². The average molecular weight is 372 g/mol. The van der Waals surface area contributed by atoms with Crippen LogP contribution in [0.3, 0.4) is 0 Å². The summed E-state index contributed by atoms with van der Waals surface area (Å²) in [5.74, 6) is -0.676. The zero-order valence-corrected chi connectivity index (χ0v) is 14.5. The molecule has 140 valence electrons. The molecule has 0 saturated heterocycles. The van der Waals surface area contributed by atoms with Gasteiger partial charge in [-0.2, -0.15) is 0 Å². The van der Waals surface area contributed by atoms with Gasteiger partial charge in [0.1, 0.15) is 29.5 Å². The van der Waals surface area contributed by atoms with E-state index in [1.807, 2.05) is 6.92 Å². The number of hydrogen-bond donors (Lipinski definition) is 1. The first-order valence-electron chi connectivity index (χ1n) is 8.29. The molecule has 0 aliphatic rings. The molecule has 27 heavy (non-hydrogen) atoms. The number of ether oxygens (including phenoxy) is 2. The molecule has 0 radical (unpaired) electrons.